The molecule has 7 heteroatoms. The second-order valence-corrected chi connectivity index (χ2v) is 6.79. The number of aryl methyl sites for hydroxylation is 2. The molecule has 158 valence electrons. The fraction of sp³-hybridized carbons (Fsp3) is 0.348. The molecular weight excluding hydrogens is 380 g/mol. The number of hydrogen-bond donors (Lipinski definition) is 1. The Labute approximate surface area is 176 Å². The molecule has 0 aliphatic carbocycles. The van der Waals surface area contributed by atoms with Crippen molar-refractivity contribution in [2.24, 2.45) is 7.05 Å². The number of amides is 1. The van der Waals surface area contributed by atoms with Crippen LogP contribution in [0.2, 0.25) is 0 Å². The van der Waals surface area contributed by atoms with Crippen LogP contribution in [0.25, 0.3) is 22.0 Å². The lowest BCUT2D eigenvalue weighted by Crippen LogP contribution is -2.20. The number of nitrogens with zero attached hydrogens (tertiary/aromatic N) is 3. The standard InChI is InChI=1S/C21H22N4O3.C2H6/c1-5-6-19(27)17-7-12(2)16(11-22-17)15-8-14-10-23-20(24-13(3)26)9-18(14)25(4)21(15)28;1-2/h7-11H,5-6H2,1-4H3,(H,23,24,26);1-2H3. The van der Waals surface area contributed by atoms with E-state index in [2.05, 4.69) is 15.3 Å². The summed E-state index contributed by atoms with van der Waals surface area (Å²) in [5.41, 5.74) is 2.87. The van der Waals surface area contributed by atoms with E-state index in [-0.39, 0.29) is 17.2 Å². The molecule has 0 spiro atoms. The summed E-state index contributed by atoms with van der Waals surface area (Å²) in [6.45, 7) is 9.21. The fourth-order valence-electron chi connectivity index (χ4n) is 3.15. The third-order valence-electron chi connectivity index (χ3n) is 4.58. The molecule has 0 aromatic carbocycles. The van der Waals surface area contributed by atoms with E-state index in [0.29, 0.717) is 34.6 Å². The zero-order chi connectivity index (χ0) is 22.4. The van der Waals surface area contributed by atoms with E-state index in [0.717, 1.165) is 17.4 Å². The maximum atomic E-state index is 13.0. The molecule has 3 rings (SSSR count). The van der Waals surface area contributed by atoms with Gasteiger partial charge in [0, 0.05) is 55.4 Å². The van der Waals surface area contributed by atoms with Crippen molar-refractivity contribution < 1.29 is 9.59 Å². The lowest BCUT2D eigenvalue weighted by Gasteiger charge is -2.12. The van der Waals surface area contributed by atoms with Crippen LogP contribution in [0.5, 0.6) is 0 Å². The number of anilines is 1. The predicted octanol–water partition coefficient (Wildman–Crippen LogP) is 4.27. The maximum absolute atomic E-state index is 13.0. The van der Waals surface area contributed by atoms with E-state index in [1.165, 1.54) is 11.5 Å². The van der Waals surface area contributed by atoms with Gasteiger partial charge in [-0.2, -0.15) is 0 Å². The van der Waals surface area contributed by atoms with Crippen LogP contribution in [0.3, 0.4) is 0 Å². The monoisotopic (exact) mass is 408 g/mol. The third kappa shape index (κ3) is 4.79. The summed E-state index contributed by atoms with van der Waals surface area (Å²) in [5.74, 6) is 0.158. The Morgan fingerprint density at radius 2 is 1.77 bits per heavy atom. The molecule has 0 atom stereocenters. The highest BCUT2D eigenvalue weighted by molar-refractivity contribution is 5.95. The number of carbonyl (C=O) groups excluding carboxylic acids is 2. The summed E-state index contributed by atoms with van der Waals surface area (Å²) < 4.78 is 1.52. The lowest BCUT2D eigenvalue weighted by molar-refractivity contribution is -0.114. The molecule has 3 aromatic rings. The summed E-state index contributed by atoms with van der Waals surface area (Å²) in [7, 11) is 1.67. The highest BCUT2D eigenvalue weighted by atomic mass is 16.1. The van der Waals surface area contributed by atoms with Gasteiger partial charge in [0.05, 0.1) is 5.52 Å². The average molecular weight is 409 g/mol. The van der Waals surface area contributed by atoms with Gasteiger partial charge in [-0.3, -0.25) is 19.4 Å². The highest BCUT2D eigenvalue weighted by Crippen LogP contribution is 2.24. The topological polar surface area (TPSA) is 94.0 Å². The molecule has 0 fully saturated rings. The molecule has 0 unspecified atom stereocenters. The molecule has 3 aromatic heterocycles. The molecule has 3 heterocycles. The largest absolute Gasteiger partial charge is 0.311 e. The zero-order valence-electron chi connectivity index (χ0n) is 18.4. The van der Waals surface area contributed by atoms with E-state index in [4.69, 9.17) is 0 Å². The number of rotatable bonds is 5. The van der Waals surface area contributed by atoms with Crippen LogP contribution in [0.15, 0.2) is 35.4 Å². The second kappa shape index (κ2) is 9.91. The minimum absolute atomic E-state index is 0.00161. The van der Waals surface area contributed by atoms with E-state index >= 15 is 0 Å². The van der Waals surface area contributed by atoms with Gasteiger partial charge in [-0.15, -0.1) is 0 Å². The van der Waals surface area contributed by atoms with Crippen molar-refractivity contribution in [1.82, 2.24) is 14.5 Å². The molecule has 0 saturated carbocycles. The van der Waals surface area contributed by atoms with Crippen LogP contribution < -0.4 is 10.9 Å². The van der Waals surface area contributed by atoms with Crippen LogP contribution in [0, 0.1) is 6.92 Å². The first kappa shape index (κ1) is 22.9. The highest BCUT2D eigenvalue weighted by Gasteiger charge is 2.15. The number of aromatic nitrogens is 3. The Kier molecular flexibility index (Phi) is 7.58. The van der Waals surface area contributed by atoms with Crippen molar-refractivity contribution in [3.63, 3.8) is 0 Å². The van der Waals surface area contributed by atoms with Crippen molar-refractivity contribution in [2.45, 2.75) is 47.5 Å². The molecule has 0 saturated heterocycles. The van der Waals surface area contributed by atoms with Gasteiger partial charge in [0.2, 0.25) is 5.91 Å². The Morgan fingerprint density at radius 3 is 2.37 bits per heavy atom. The Morgan fingerprint density at radius 1 is 1.07 bits per heavy atom. The molecule has 0 aliphatic heterocycles. The van der Waals surface area contributed by atoms with Crippen molar-refractivity contribution in [3.05, 3.63) is 52.2 Å². The van der Waals surface area contributed by atoms with E-state index in [9.17, 15) is 14.4 Å². The van der Waals surface area contributed by atoms with E-state index in [1.807, 2.05) is 27.7 Å². The van der Waals surface area contributed by atoms with Gasteiger partial charge in [0.25, 0.3) is 5.56 Å². The van der Waals surface area contributed by atoms with Gasteiger partial charge in [-0.05, 0) is 31.0 Å². The summed E-state index contributed by atoms with van der Waals surface area (Å²) in [5, 5.41) is 3.38. The molecule has 0 aliphatic rings. The van der Waals surface area contributed by atoms with Gasteiger partial charge in [-0.1, -0.05) is 20.8 Å². The van der Waals surface area contributed by atoms with Gasteiger partial charge < -0.3 is 9.88 Å². The van der Waals surface area contributed by atoms with Crippen LogP contribution in [0.4, 0.5) is 5.82 Å². The molecule has 30 heavy (non-hydrogen) atoms. The summed E-state index contributed by atoms with van der Waals surface area (Å²) in [4.78, 5) is 44.8. The Balaban J connectivity index is 0.00000155. The number of hydrogen-bond acceptors (Lipinski definition) is 5. The average Bonchev–Trinajstić information content (AvgIpc) is 2.72. The smallest absolute Gasteiger partial charge is 0.258 e. The molecule has 1 N–H and O–H groups in total. The third-order valence-corrected chi connectivity index (χ3v) is 4.58. The minimum Gasteiger partial charge on any atom is -0.311 e. The van der Waals surface area contributed by atoms with Crippen LogP contribution in [-0.4, -0.2) is 26.2 Å². The van der Waals surface area contributed by atoms with E-state index in [1.54, 1.807) is 37.6 Å². The van der Waals surface area contributed by atoms with Crippen LogP contribution in [0.1, 0.15) is 56.6 Å². The first-order valence-corrected chi connectivity index (χ1v) is 10.1. The normalized spacial score (nSPS) is 10.3. The van der Waals surface area contributed by atoms with Crippen molar-refractivity contribution in [3.8, 4) is 11.1 Å². The Hall–Kier alpha value is -3.35. The van der Waals surface area contributed by atoms with Crippen molar-refractivity contribution in [1.29, 1.82) is 0 Å². The van der Waals surface area contributed by atoms with Gasteiger partial charge >= 0.3 is 0 Å². The van der Waals surface area contributed by atoms with Crippen molar-refractivity contribution >= 4 is 28.4 Å². The number of pyridine rings is 3. The SMILES string of the molecule is CC.CCCC(=O)c1cc(C)c(-c2cc3cnc(NC(C)=O)cc3n(C)c2=O)cn1. The lowest BCUT2D eigenvalue weighted by atomic mass is 10.0. The Bertz CT molecular complexity index is 1150. The maximum Gasteiger partial charge on any atom is 0.258 e. The number of ketones is 1. The quantitative estimate of drug-likeness (QED) is 0.636. The number of nitrogens with one attached hydrogen (secondary N) is 1. The van der Waals surface area contributed by atoms with Gasteiger partial charge in [0.15, 0.2) is 5.78 Å². The first-order valence-electron chi connectivity index (χ1n) is 10.1. The molecule has 7 nitrogen and oxygen atoms in total. The number of fused-ring (bicyclic) bond motifs is 1. The van der Waals surface area contributed by atoms with Gasteiger partial charge in [-0.25, -0.2) is 4.98 Å². The second-order valence-electron chi connectivity index (χ2n) is 6.79. The molecule has 0 radical (unpaired) electrons. The van der Waals surface area contributed by atoms with Gasteiger partial charge in [0.1, 0.15) is 11.5 Å². The number of Topliss-reactive ketones (excluding diaryl/α,β-unsaturated/α-hetero) is 1. The number of carbonyl (C=O) groups is 2. The first-order chi connectivity index (χ1) is 14.3. The van der Waals surface area contributed by atoms with Crippen LogP contribution >= 0.6 is 0 Å². The molecule has 0 bridgehead atoms. The van der Waals surface area contributed by atoms with Crippen molar-refractivity contribution in [2.75, 3.05) is 5.32 Å². The zero-order valence-corrected chi connectivity index (χ0v) is 18.4. The van der Waals surface area contributed by atoms with Crippen LogP contribution in [-0.2, 0) is 11.8 Å². The minimum atomic E-state index is -0.229. The predicted molar refractivity (Wildman–Crippen MR) is 120 cm³/mol. The fourth-order valence-corrected chi connectivity index (χ4v) is 3.15. The summed E-state index contributed by atoms with van der Waals surface area (Å²) in [6, 6.07) is 5.16. The molecular formula is C23H28N4O3. The summed E-state index contributed by atoms with van der Waals surface area (Å²) in [6.07, 6.45) is 4.41. The summed E-state index contributed by atoms with van der Waals surface area (Å²) >= 11 is 0. The molecule has 1 amide bonds. The van der Waals surface area contributed by atoms with E-state index < -0.39 is 0 Å².